The van der Waals surface area contributed by atoms with E-state index in [1.807, 2.05) is 0 Å². The molecule has 13 nitrogen and oxygen atoms in total. The summed E-state index contributed by atoms with van der Waals surface area (Å²) in [6, 6.07) is 10.5. The number of hydrogen-bond donors (Lipinski definition) is 4. The molecule has 1 saturated heterocycles. The van der Waals surface area contributed by atoms with Gasteiger partial charge in [0.1, 0.15) is 47.5 Å². The Labute approximate surface area is 219 Å². The van der Waals surface area contributed by atoms with Crippen LogP contribution >= 0.6 is 7.75 Å². The zero-order valence-electron chi connectivity index (χ0n) is 21.4. The van der Waals surface area contributed by atoms with Gasteiger partial charge in [0.05, 0.1) is 18.4 Å². The number of nitrogens with zero attached hydrogens (tertiary/aromatic N) is 3. The minimum absolute atomic E-state index is 0.224. The SMILES string of the molecule is CC(C)OC(=O)[C@H](C)N[P@@](=O)(OC[C@H]1O[C@@H](c2ccc3c(N)ncnn23)[C@](C)(O)[C@@H]1O)Oc1ccccc1. The molecule has 4 rings (SSSR count). The predicted molar refractivity (Wildman–Crippen MR) is 136 cm³/mol. The highest BCUT2D eigenvalue weighted by molar-refractivity contribution is 7.52. The van der Waals surface area contributed by atoms with Crippen molar-refractivity contribution in [2.75, 3.05) is 12.3 Å². The fraction of sp³-hybridized carbons (Fsp3) is 0.458. The second-order valence-corrected chi connectivity index (χ2v) is 11.2. The quantitative estimate of drug-likeness (QED) is 0.214. The number of ether oxygens (including phenoxy) is 2. The molecule has 3 heterocycles. The number of aliphatic hydroxyl groups is 2. The normalized spacial score (nSPS) is 25.8. The molecular weight excluding hydrogens is 517 g/mol. The van der Waals surface area contributed by atoms with Gasteiger partial charge in [-0.2, -0.15) is 10.2 Å². The largest absolute Gasteiger partial charge is 0.462 e. The summed E-state index contributed by atoms with van der Waals surface area (Å²) in [7, 11) is -4.21. The second kappa shape index (κ2) is 11.0. The summed E-state index contributed by atoms with van der Waals surface area (Å²) in [6.07, 6.45) is -2.71. The molecule has 1 fully saturated rings. The minimum atomic E-state index is -4.21. The third-order valence-electron chi connectivity index (χ3n) is 6.01. The first-order valence-electron chi connectivity index (χ1n) is 12.0. The maximum absolute atomic E-state index is 13.7. The lowest BCUT2D eigenvalue weighted by Gasteiger charge is -2.27. The van der Waals surface area contributed by atoms with E-state index in [4.69, 9.17) is 24.3 Å². The molecule has 206 valence electrons. The molecule has 0 aliphatic carbocycles. The molecule has 0 bridgehead atoms. The van der Waals surface area contributed by atoms with E-state index in [9.17, 15) is 19.6 Å². The summed E-state index contributed by atoms with van der Waals surface area (Å²) >= 11 is 0. The summed E-state index contributed by atoms with van der Waals surface area (Å²) in [6.45, 7) is 5.81. The Morgan fingerprint density at radius 2 is 1.97 bits per heavy atom. The molecule has 38 heavy (non-hydrogen) atoms. The van der Waals surface area contributed by atoms with Crippen molar-refractivity contribution in [3.8, 4) is 5.75 Å². The van der Waals surface area contributed by atoms with Crippen LogP contribution in [0.3, 0.4) is 0 Å². The summed E-state index contributed by atoms with van der Waals surface area (Å²) < 4.78 is 37.6. The van der Waals surface area contributed by atoms with E-state index < -0.39 is 50.3 Å². The Hall–Kier alpha value is -3.06. The molecule has 5 N–H and O–H groups in total. The highest BCUT2D eigenvalue weighted by Gasteiger charge is 2.54. The van der Waals surface area contributed by atoms with E-state index in [2.05, 4.69) is 15.2 Å². The molecule has 0 amide bonds. The molecule has 0 spiro atoms. The predicted octanol–water partition coefficient (Wildman–Crippen LogP) is 2.00. The average molecular weight is 550 g/mol. The molecule has 1 aliphatic heterocycles. The molecule has 1 aliphatic rings. The molecular formula is C24H32N5O8P. The maximum atomic E-state index is 13.7. The lowest BCUT2D eigenvalue weighted by Crippen LogP contribution is -2.43. The van der Waals surface area contributed by atoms with Gasteiger partial charge in [-0.15, -0.1) is 0 Å². The fourth-order valence-electron chi connectivity index (χ4n) is 4.10. The van der Waals surface area contributed by atoms with E-state index in [0.717, 1.165) is 0 Å². The van der Waals surface area contributed by atoms with Crippen LogP contribution in [0.5, 0.6) is 5.75 Å². The third kappa shape index (κ3) is 5.83. The van der Waals surface area contributed by atoms with Crippen LogP contribution < -0.4 is 15.3 Å². The van der Waals surface area contributed by atoms with Crippen LogP contribution in [-0.2, 0) is 23.4 Å². The van der Waals surface area contributed by atoms with Crippen LogP contribution in [0.2, 0.25) is 0 Å². The van der Waals surface area contributed by atoms with Crippen LogP contribution in [0.25, 0.3) is 5.52 Å². The van der Waals surface area contributed by atoms with Gasteiger partial charge in [-0.05, 0) is 52.0 Å². The van der Waals surface area contributed by atoms with Crippen molar-refractivity contribution in [3.05, 3.63) is 54.5 Å². The van der Waals surface area contributed by atoms with Gasteiger partial charge < -0.3 is 29.9 Å². The monoisotopic (exact) mass is 549 g/mol. The third-order valence-corrected chi connectivity index (χ3v) is 7.65. The number of carbonyl (C=O) groups excluding carboxylic acids is 1. The number of carbonyl (C=O) groups is 1. The number of benzene rings is 1. The molecule has 0 unspecified atom stereocenters. The highest BCUT2D eigenvalue weighted by atomic mass is 31.2. The first kappa shape index (κ1) is 28.0. The Morgan fingerprint density at radius 1 is 1.26 bits per heavy atom. The molecule has 0 saturated carbocycles. The van der Waals surface area contributed by atoms with Gasteiger partial charge in [0, 0.05) is 0 Å². The number of esters is 1. The highest BCUT2D eigenvalue weighted by Crippen LogP contribution is 2.47. The maximum Gasteiger partial charge on any atom is 0.459 e. The first-order valence-corrected chi connectivity index (χ1v) is 13.6. The van der Waals surface area contributed by atoms with E-state index in [1.54, 1.807) is 56.3 Å². The van der Waals surface area contributed by atoms with Gasteiger partial charge in [0.15, 0.2) is 5.82 Å². The number of nitrogens with one attached hydrogen (secondary N) is 1. The summed E-state index contributed by atoms with van der Waals surface area (Å²) in [5.41, 5.74) is 5.06. The molecule has 1 aromatic carbocycles. The number of aliphatic hydroxyl groups excluding tert-OH is 1. The molecule has 14 heteroatoms. The van der Waals surface area contributed by atoms with Crippen LogP contribution in [0, 0.1) is 0 Å². The van der Waals surface area contributed by atoms with Gasteiger partial charge >= 0.3 is 13.7 Å². The van der Waals surface area contributed by atoms with E-state index >= 15 is 0 Å². The fourth-order valence-corrected chi connectivity index (χ4v) is 5.60. The number of rotatable bonds is 10. The number of nitrogens with two attached hydrogens (primary N) is 1. The van der Waals surface area contributed by atoms with Gasteiger partial charge in [0.2, 0.25) is 0 Å². The van der Waals surface area contributed by atoms with Gasteiger partial charge in [-0.25, -0.2) is 14.1 Å². The topological polar surface area (TPSA) is 180 Å². The number of aromatic nitrogens is 3. The second-order valence-electron chi connectivity index (χ2n) is 9.46. The van der Waals surface area contributed by atoms with Gasteiger partial charge in [0.25, 0.3) is 0 Å². The Kier molecular flexibility index (Phi) is 8.07. The van der Waals surface area contributed by atoms with Crippen LogP contribution in [0.15, 0.2) is 48.8 Å². The van der Waals surface area contributed by atoms with E-state index in [1.165, 1.54) is 24.7 Å². The molecule has 2 aromatic heterocycles. The number of hydrogen-bond acceptors (Lipinski definition) is 11. The van der Waals surface area contributed by atoms with Crippen molar-refractivity contribution in [2.24, 2.45) is 0 Å². The number of anilines is 1. The van der Waals surface area contributed by atoms with Gasteiger partial charge in [-0.3, -0.25) is 9.32 Å². The zero-order valence-corrected chi connectivity index (χ0v) is 22.3. The van der Waals surface area contributed by atoms with Crippen LogP contribution in [0.1, 0.15) is 39.5 Å². The van der Waals surface area contributed by atoms with Crippen LogP contribution in [-0.4, -0.2) is 67.3 Å². The smallest absolute Gasteiger partial charge is 0.459 e. The Balaban J connectivity index is 1.54. The lowest BCUT2D eigenvalue weighted by atomic mass is 9.91. The van der Waals surface area contributed by atoms with Gasteiger partial charge in [-0.1, -0.05) is 18.2 Å². The van der Waals surface area contributed by atoms with Crippen molar-refractivity contribution in [3.63, 3.8) is 0 Å². The molecule has 3 aromatic rings. The molecule has 6 atom stereocenters. The van der Waals surface area contributed by atoms with Crippen molar-refractivity contribution in [1.29, 1.82) is 0 Å². The number of nitrogen functional groups attached to an aromatic ring is 1. The van der Waals surface area contributed by atoms with Crippen molar-refractivity contribution < 1.29 is 38.1 Å². The standard InChI is InChI=1S/C24H32N5O8P/c1-14(2)35-23(31)15(3)28-38(33,37-16-8-6-5-7-9-16)34-12-19-20(30)24(4,32)21(36-19)17-10-11-18-22(25)26-13-27-29(17)18/h5-11,13-15,19-21,30,32H,12H2,1-4H3,(H,28,33)(H2,25,26,27)/t15-,19+,20+,21-,24+,38+/m0/s1. The summed E-state index contributed by atoms with van der Waals surface area (Å²) in [4.78, 5) is 16.3. The van der Waals surface area contributed by atoms with E-state index in [0.29, 0.717) is 11.2 Å². The van der Waals surface area contributed by atoms with Crippen molar-refractivity contribution in [2.45, 2.75) is 63.8 Å². The Morgan fingerprint density at radius 3 is 2.66 bits per heavy atom. The average Bonchev–Trinajstić information content (AvgIpc) is 3.37. The summed E-state index contributed by atoms with van der Waals surface area (Å²) in [5.74, 6) is -0.191. The van der Waals surface area contributed by atoms with Crippen molar-refractivity contribution in [1.82, 2.24) is 19.7 Å². The summed E-state index contributed by atoms with van der Waals surface area (Å²) in [5, 5.41) is 28.8. The number of fused-ring (bicyclic) bond motifs is 1. The van der Waals surface area contributed by atoms with Crippen LogP contribution in [0.4, 0.5) is 5.82 Å². The number of para-hydroxylation sites is 1. The zero-order chi connectivity index (χ0) is 27.7. The lowest BCUT2D eigenvalue weighted by molar-refractivity contribution is -0.149. The molecule has 0 radical (unpaired) electrons. The van der Waals surface area contributed by atoms with Crippen molar-refractivity contribution >= 4 is 25.1 Å². The Bertz CT molecular complexity index is 1320. The van der Waals surface area contributed by atoms with E-state index in [-0.39, 0.29) is 17.7 Å². The first-order chi connectivity index (χ1) is 17.9. The minimum Gasteiger partial charge on any atom is -0.462 e.